The minimum Gasteiger partial charge on any atom is -0.324 e. The van der Waals surface area contributed by atoms with Gasteiger partial charge < -0.3 is 5.73 Å². The van der Waals surface area contributed by atoms with Gasteiger partial charge in [-0.25, -0.2) is 4.39 Å². The molecule has 15 heavy (non-hydrogen) atoms. The van der Waals surface area contributed by atoms with Crippen molar-refractivity contribution in [2.45, 2.75) is 32.7 Å². The maximum atomic E-state index is 13.5. The van der Waals surface area contributed by atoms with Gasteiger partial charge in [-0.15, -0.1) is 0 Å². The van der Waals surface area contributed by atoms with Gasteiger partial charge in [0.25, 0.3) is 0 Å². The molecule has 0 aliphatic rings. The summed E-state index contributed by atoms with van der Waals surface area (Å²) in [7, 11) is 0. The highest BCUT2D eigenvalue weighted by atomic mass is 79.9. The van der Waals surface area contributed by atoms with Gasteiger partial charge in [0.2, 0.25) is 0 Å². The van der Waals surface area contributed by atoms with E-state index in [0.29, 0.717) is 11.5 Å². The van der Waals surface area contributed by atoms with E-state index in [1.54, 1.807) is 6.07 Å². The molecule has 0 amide bonds. The van der Waals surface area contributed by atoms with Gasteiger partial charge in [0, 0.05) is 16.1 Å². The Hall–Kier alpha value is -0.410. The largest absolute Gasteiger partial charge is 0.324 e. The van der Waals surface area contributed by atoms with Crippen molar-refractivity contribution in [1.82, 2.24) is 0 Å². The molecule has 0 spiro atoms. The number of rotatable bonds is 4. The van der Waals surface area contributed by atoms with Gasteiger partial charge in [-0.2, -0.15) is 0 Å². The fraction of sp³-hybridized carbons (Fsp3) is 0.500. The molecular weight excluding hydrogens is 257 g/mol. The highest BCUT2D eigenvalue weighted by Crippen LogP contribution is 2.28. The van der Waals surface area contributed by atoms with E-state index in [1.165, 1.54) is 6.07 Å². The average Bonchev–Trinajstić information content (AvgIpc) is 2.14. The molecule has 0 bridgehead atoms. The summed E-state index contributed by atoms with van der Waals surface area (Å²) in [4.78, 5) is 0. The van der Waals surface area contributed by atoms with Crippen LogP contribution in [0.2, 0.25) is 0 Å². The van der Waals surface area contributed by atoms with Crippen molar-refractivity contribution in [2.75, 3.05) is 0 Å². The van der Waals surface area contributed by atoms with Crippen molar-refractivity contribution >= 4 is 15.9 Å². The van der Waals surface area contributed by atoms with Crippen LogP contribution in [0.25, 0.3) is 0 Å². The molecule has 1 aromatic rings. The fourth-order valence-corrected chi connectivity index (χ4v) is 2.16. The van der Waals surface area contributed by atoms with Gasteiger partial charge in [-0.3, -0.25) is 0 Å². The van der Waals surface area contributed by atoms with Crippen LogP contribution < -0.4 is 5.73 Å². The van der Waals surface area contributed by atoms with Crippen molar-refractivity contribution in [1.29, 1.82) is 0 Å². The molecule has 0 aromatic heterocycles. The van der Waals surface area contributed by atoms with Gasteiger partial charge in [0.1, 0.15) is 5.82 Å². The minimum atomic E-state index is -0.222. The molecule has 1 rings (SSSR count). The zero-order valence-corrected chi connectivity index (χ0v) is 10.7. The standard InChI is InChI=1S/C12H17BrFN/c1-8(2)6-7-11(15)12-9(13)4-3-5-10(12)14/h3-5,8,11H,6-7,15H2,1-2H3/t11-/m1/s1. The second-order valence-corrected chi connectivity index (χ2v) is 5.07. The maximum Gasteiger partial charge on any atom is 0.129 e. The van der Waals surface area contributed by atoms with Gasteiger partial charge >= 0.3 is 0 Å². The lowest BCUT2D eigenvalue weighted by Gasteiger charge is -2.15. The zero-order valence-electron chi connectivity index (χ0n) is 9.13. The molecule has 1 aromatic carbocycles. The minimum absolute atomic E-state index is 0.219. The predicted octanol–water partition coefficient (Wildman–Crippen LogP) is 4.02. The number of hydrogen-bond donors (Lipinski definition) is 1. The third-order valence-electron chi connectivity index (χ3n) is 2.43. The van der Waals surface area contributed by atoms with Crippen LogP contribution in [0.15, 0.2) is 22.7 Å². The van der Waals surface area contributed by atoms with E-state index in [-0.39, 0.29) is 11.9 Å². The Balaban J connectivity index is 2.77. The van der Waals surface area contributed by atoms with Crippen LogP contribution in [0.1, 0.15) is 38.3 Å². The van der Waals surface area contributed by atoms with Gasteiger partial charge in [-0.1, -0.05) is 35.8 Å². The lowest BCUT2D eigenvalue weighted by molar-refractivity contribution is 0.489. The molecule has 0 saturated heterocycles. The van der Waals surface area contributed by atoms with E-state index >= 15 is 0 Å². The maximum absolute atomic E-state index is 13.5. The first-order chi connectivity index (χ1) is 7.02. The van der Waals surface area contributed by atoms with Crippen molar-refractivity contribution < 1.29 is 4.39 Å². The topological polar surface area (TPSA) is 26.0 Å². The van der Waals surface area contributed by atoms with Crippen LogP contribution in [0, 0.1) is 11.7 Å². The Morgan fingerprint density at radius 1 is 1.33 bits per heavy atom. The number of benzene rings is 1. The summed E-state index contributed by atoms with van der Waals surface area (Å²) in [6.45, 7) is 4.28. The normalized spacial score (nSPS) is 13.2. The molecule has 0 aliphatic heterocycles. The summed E-state index contributed by atoms with van der Waals surface area (Å²) in [5.74, 6) is 0.377. The van der Waals surface area contributed by atoms with Crippen LogP contribution in [0.3, 0.4) is 0 Å². The lowest BCUT2D eigenvalue weighted by atomic mass is 9.98. The van der Waals surface area contributed by atoms with Gasteiger partial charge in [-0.05, 0) is 30.9 Å². The number of nitrogens with two attached hydrogens (primary N) is 1. The monoisotopic (exact) mass is 273 g/mol. The Bertz CT molecular complexity index is 305. The van der Waals surface area contributed by atoms with Gasteiger partial charge in [0.15, 0.2) is 0 Å². The number of halogens is 2. The van der Waals surface area contributed by atoms with E-state index in [4.69, 9.17) is 5.73 Å². The molecule has 0 radical (unpaired) electrons. The first-order valence-corrected chi connectivity index (χ1v) is 6.01. The molecular formula is C12H17BrFN. The Kier molecular flexibility index (Phi) is 4.74. The third-order valence-corrected chi connectivity index (χ3v) is 3.12. The highest BCUT2D eigenvalue weighted by molar-refractivity contribution is 9.10. The lowest BCUT2D eigenvalue weighted by Crippen LogP contribution is -2.13. The molecule has 0 saturated carbocycles. The zero-order chi connectivity index (χ0) is 11.4. The van der Waals surface area contributed by atoms with E-state index < -0.39 is 0 Å². The smallest absolute Gasteiger partial charge is 0.129 e. The van der Waals surface area contributed by atoms with E-state index in [0.717, 1.165) is 17.3 Å². The Morgan fingerprint density at radius 3 is 2.53 bits per heavy atom. The fourth-order valence-electron chi connectivity index (χ4n) is 1.52. The van der Waals surface area contributed by atoms with E-state index in [2.05, 4.69) is 29.8 Å². The van der Waals surface area contributed by atoms with E-state index in [9.17, 15) is 4.39 Å². The third kappa shape index (κ3) is 3.58. The summed E-state index contributed by atoms with van der Waals surface area (Å²) in [6.07, 6.45) is 1.83. The van der Waals surface area contributed by atoms with Crippen molar-refractivity contribution in [3.8, 4) is 0 Å². The molecule has 0 aliphatic carbocycles. The molecule has 2 N–H and O–H groups in total. The number of hydrogen-bond acceptors (Lipinski definition) is 1. The second-order valence-electron chi connectivity index (χ2n) is 4.21. The molecule has 0 fully saturated rings. The van der Waals surface area contributed by atoms with Crippen LogP contribution in [-0.2, 0) is 0 Å². The molecule has 0 unspecified atom stereocenters. The Labute approximate surface area is 99.0 Å². The molecule has 84 valence electrons. The first kappa shape index (κ1) is 12.7. The van der Waals surface area contributed by atoms with Gasteiger partial charge in [0.05, 0.1) is 0 Å². The van der Waals surface area contributed by atoms with Crippen molar-refractivity contribution in [3.63, 3.8) is 0 Å². The summed E-state index contributed by atoms with van der Waals surface area (Å²) in [6, 6.07) is 4.74. The molecule has 1 nitrogen and oxygen atoms in total. The highest BCUT2D eigenvalue weighted by Gasteiger charge is 2.14. The molecule has 1 atom stereocenters. The second kappa shape index (κ2) is 5.61. The molecule has 0 heterocycles. The summed E-state index contributed by atoms with van der Waals surface area (Å²) in [5, 5.41) is 0. The van der Waals surface area contributed by atoms with Crippen molar-refractivity contribution in [3.05, 3.63) is 34.1 Å². The van der Waals surface area contributed by atoms with Crippen LogP contribution in [-0.4, -0.2) is 0 Å². The average molecular weight is 274 g/mol. The van der Waals surface area contributed by atoms with Crippen molar-refractivity contribution in [2.24, 2.45) is 11.7 Å². The quantitative estimate of drug-likeness (QED) is 0.881. The van der Waals surface area contributed by atoms with Crippen LogP contribution in [0.5, 0.6) is 0 Å². The van der Waals surface area contributed by atoms with E-state index in [1.807, 2.05) is 6.07 Å². The summed E-state index contributed by atoms with van der Waals surface area (Å²) < 4.78 is 14.3. The Morgan fingerprint density at radius 2 is 2.00 bits per heavy atom. The SMILES string of the molecule is CC(C)CC[C@@H](N)c1c(F)cccc1Br. The van der Waals surface area contributed by atoms with Crippen LogP contribution in [0.4, 0.5) is 4.39 Å². The first-order valence-electron chi connectivity index (χ1n) is 5.22. The van der Waals surface area contributed by atoms with Crippen LogP contribution >= 0.6 is 15.9 Å². The molecule has 3 heteroatoms. The summed E-state index contributed by atoms with van der Waals surface area (Å²) >= 11 is 3.33. The summed E-state index contributed by atoms with van der Waals surface area (Å²) in [5.41, 5.74) is 6.57. The predicted molar refractivity (Wildman–Crippen MR) is 65.1 cm³/mol.